The van der Waals surface area contributed by atoms with E-state index in [1.807, 2.05) is 4.90 Å². The smallest absolute Gasteiger partial charge is 0.234 e. The predicted molar refractivity (Wildman–Crippen MR) is 74.1 cm³/mol. The van der Waals surface area contributed by atoms with Gasteiger partial charge in [-0.05, 0) is 12.8 Å². The van der Waals surface area contributed by atoms with Crippen molar-refractivity contribution in [3.8, 4) is 0 Å². The van der Waals surface area contributed by atoms with Gasteiger partial charge >= 0.3 is 0 Å². The zero-order chi connectivity index (χ0) is 13.9. The first kappa shape index (κ1) is 14.9. The van der Waals surface area contributed by atoms with Gasteiger partial charge in [-0.25, -0.2) is 12.7 Å². The van der Waals surface area contributed by atoms with Crippen molar-refractivity contribution in [2.45, 2.75) is 24.3 Å². The molecule has 0 aromatic heterocycles. The average Bonchev–Trinajstić information content (AvgIpc) is 2.41. The number of hydrogen-bond acceptors (Lipinski definition) is 5. The van der Waals surface area contributed by atoms with Gasteiger partial charge < -0.3 is 10.5 Å². The monoisotopic (exact) mass is 289 g/mol. The number of rotatable bonds is 4. The molecule has 19 heavy (non-hydrogen) atoms. The van der Waals surface area contributed by atoms with E-state index in [0.717, 1.165) is 12.8 Å². The van der Waals surface area contributed by atoms with Gasteiger partial charge in [0.05, 0.1) is 13.2 Å². The lowest BCUT2D eigenvalue weighted by molar-refractivity contribution is 0.0365. The lowest BCUT2D eigenvalue weighted by atomic mass is 10.1. The van der Waals surface area contributed by atoms with Gasteiger partial charge in [0.25, 0.3) is 0 Å². The Kier molecular flexibility index (Phi) is 4.97. The van der Waals surface area contributed by atoms with E-state index in [2.05, 4.69) is 6.58 Å². The first-order valence-corrected chi connectivity index (χ1v) is 8.25. The maximum Gasteiger partial charge on any atom is 0.234 e. The summed E-state index contributed by atoms with van der Waals surface area (Å²) >= 11 is 0. The summed E-state index contributed by atoms with van der Waals surface area (Å²) in [5.41, 5.74) is 5.82. The molecule has 1 unspecified atom stereocenters. The van der Waals surface area contributed by atoms with Crippen molar-refractivity contribution >= 4 is 10.0 Å². The van der Waals surface area contributed by atoms with Crippen LogP contribution in [0.2, 0.25) is 0 Å². The van der Waals surface area contributed by atoms with Crippen LogP contribution >= 0.6 is 0 Å². The Labute approximate surface area is 115 Å². The van der Waals surface area contributed by atoms with Crippen LogP contribution in [0.4, 0.5) is 0 Å². The van der Waals surface area contributed by atoms with Gasteiger partial charge in [0, 0.05) is 32.2 Å². The zero-order valence-electron chi connectivity index (χ0n) is 11.2. The van der Waals surface area contributed by atoms with Crippen molar-refractivity contribution in [3.63, 3.8) is 0 Å². The summed E-state index contributed by atoms with van der Waals surface area (Å²) in [5, 5.41) is -0.647. The summed E-state index contributed by atoms with van der Waals surface area (Å²) in [6.07, 6.45) is 2.98. The SMILES string of the molecule is C=CC(N1CCOCC1)S(=O)(=O)N1CCC(N)CC1. The van der Waals surface area contributed by atoms with E-state index < -0.39 is 15.4 Å². The van der Waals surface area contributed by atoms with Gasteiger partial charge in [0.2, 0.25) is 10.0 Å². The van der Waals surface area contributed by atoms with Gasteiger partial charge in [-0.15, -0.1) is 6.58 Å². The normalized spacial score (nSPS) is 26.2. The molecule has 2 N–H and O–H groups in total. The van der Waals surface area contributed by atoms with Gasteiger partial charge in [0.1, 0.15) is 5.37 Å². The molecule has 7 heteroatoms. The Morgan fingerprint density at radius 1 is 1.21 bits per heavy atom. The molecule has 0 saturated carbocycles. The minimum atomic E-state index is -3.37. The number of hydrogen-bond donors (Lipinski definition) is 1. The standard InChI is InChI=1S/C12H23N3O3S/c1-2-12(14-7-9-18-10-8-14)19(16,17)15-5-3-11(13)4-6-15/h2,11-12H,1,3-10,13H2. The summed E-state index contributed by atoms with van der Waals surface area (Å²) in [5.74, 6) is 0. The molecule has 2 aliphatic heterocycles. The molecule has 0 aromatic rings. The molecule has 2 saturated heterocycles. The second-order valence-electron chi connectivity index (χ2n) is 5.06. The van der Waals surface area contributed by atoms with E-state index in [1.165, 1.54) is 6.08 Å². The van der Waals surface area contributed by atoms with E-state index in [9.17, 15) is 8.42 Å². The Bertz CT molecular complexity index is 398. The topological polar surface area (TPSA) is 75.9 Å². The molecule has 0 aromatic carbocycles. The summed E-state index contributed by atoms with van der Waals surface area (Å²) in [4.78, 5) is 1.92. The molecular formula is C12H23N3O3S. The molecule has 6 nitrogen and oxygen atoms in total. The number of morpholine rings is 1. The van der Waals surface area contributed by atoms with Gasteiger partial charge in [-0.1, -0.05) is 6.08 Å². The molecule has 110 valence electrons. The van der Waals surface area contributed by atoms with Crippen LogP contribution in [0, 0.1) is 0 Å². The van der Waals surface area contributed by atoms with Crippen LogP contribution in [-0.2, 0) is 14.8 Å². The third kappa shape index (κ3) is 3.35. The van der Waals surface area contributed by atoms with Gasteiger partial charge in [0.15, 0.2) is 0 Å². The molecule has 0 bridgehead atoms. The number of ether oxygens (including phenoxy) is 1. The van der Waals surface area contributed by atoms with Crippen LogP contribution in [0.3, 0.4) is 0 Å². The van der Waals surface area contributed by atoms with Crippen molar-refractivity contribution in [1.29, 1.82) is 0 Å². The van der Waals surface area contributed by atoms with E-state index >= 15 is 0 Å². The first-order chi connectivity index (χ1) is 9.05. The quantitative estimate of drug-likeness (QED) is 0.712. The lowest BCUT2D eigenvalue weighted by Crippen LogP contribution is -2.53. The van der Waals surface area contributed by atoms with Gasteiger partial charge in [-0.3, -0.25) is 4.90 Å². The fourth-order valence-electron chi connectivity index (χ4n) is 2.57. The summed E-state index contributed by atoms with van der Waals surface area (Å²) in [6, 6.07) is 0.122. The molecule has 2 fully saturated rings. The summed E-state index contributed by atoms with van der Waals surface area (Å²) < 4.78 is 32.1. The van der Waals surface area contributed by atoms with Crippen molar-refractivity contribution in [2.24, 2.45) is 5.73 Å². The Hall–Kier alpha value is -0.470. The zero-order valence-corrected chi connectivity index (χ0v) is 12.0. The molecule has 0 spiro atoms. The Morgan fingerprint density at radius 2 is 1.79 bits per heavy atom. The van der Waals surface area contributed by atoms with Crippen molar-refractivity contribution in [2.75, 3.05) is 39.4 Å². The van der Waals surface area contributed by atoms with E-state index in [4.69, 9.17) is 10.5 Å². The van der Waals surface area contributed by atoms with Crippen LogP contribution in [0.25, 0.3) is 0 Å². The largest absolute Gasteiger partial charge is 0.379 e. The van der Waals surface area contributed by atoms with Crippen LogP contribution in [0.15, 0.2) is 12.7 Å². The molecule has 2 heterocycles. The third-order valence-electron chi connectivity index (χ3n) is 3.77. The van der Waals surface area contributed by atoms with Crippen LogP contribution < -0.4 is 5.73 Å². The lowest BCUT2D eigenvalue weighted by Gasteiger charge is -2.37. The fraction of sp³-hybridized carbons (Fsp3) is 0.833. The molecule has 0 aliphatic carbocycles. The van der Waals surface area contributed by atoms with Crippen LogP contribution in [0.1, 0.15) is 12.8 Å². The highest BCUT2D eigenvalue weighted by molar-refractivity contribution is 7.89. The highest BCUT2D eigenvalue weighted by Gasteiger charge is 2.36. The number of nitrogens with two attached hydrogens (primary N) is 1. The van der Waals surface area contributed by atoms with Crippen LogP contribution in [0.5, 0.6) is 0 Å². The maximum atomic E-state index is 12.7. The number of sulfonamides is 1. The van der Waals surface area contributed by atoms with E-state index in [-0.39, 0.29) is 6.04 Å². The molecule has 2 aliphatic rings. The molecular weight excluding hydrogens is 266 g/mol. The predicted octanol–water partition coefficient (Wildman–Crippen LogP) is -0.416. The molecule has 0 amide bonds. The Balaban J connectivity index is 2.09. The fourth-order valence-corrected chi connectivity index (χ4v) is 4.43. The average molecular weight is 289 g/mol. The minimum absolute atomic E-state index is 0.122. The Morgan fingerprint density at radius 3 is 2.32 bits per heavy atom. The minimum Gasteiger partial charge on any atom is -0.379 e. The van der Waals surface area contributed by atoms with E-state index in [0.29, 0.717) is 39.4 Å². The third-order valence-corrected chi connectivity index (χ3v) is 5.96. The molecule has 0 radical (unpaired) electrons. The first-order valence-electron chi connectivity index (χ1n) is 6.74. The number of piperidine rings is 1. The van der Waals surface area contributed by atoms with Crippen LogP contribution in [-0.4, -0.2) is 68.4 Å². The second-order valence-corrected chi connectivity index (χ2v) is 7.09. The van der Waals surface area contributed by atoms with Crippen molar-refractivity contribution in [3.05, 3.63) is 12.7 Å². The molecule has 2 rings (SSSR count). The molecule has 1 atom stereocenters. The maximum absolute atomic E-state index is 12.7. The van der Waals surface area contributed by atoms with E-state index in [1.54, 1.807) is 4.31 Å². The highest BCUT2D eigenvalue weighted by Crippen LogP contribution is 2.20. The summed E-state index contributed by atoms with van der Waals surface area (Å²) in [7, 11) is -3.37. The number of nitrogens with zero attached hydrogens (tertiary/aromatic N) is 2. The van der Waals surface area contributed by atoms with Gasteiger partial charge in [-0.2, -0.15) is 0 Å². The summed E-state index contributed by atoms with van der Waals surface area (Å²) in [6.45, 7) is 7.13. The highest BCUT2D eigenvalue weighted by atomic mass is 32.2. The second kappa shape index (κ2) is 6.32. The van der Waals surface area contributed by atoms with Crippen molar-refractivity contribution < 1.29 is 13.2 Å². The van der Waals surface area contributed by atoms with Crippen molar-refractivity contribution in [1.82, 2.24) is 9.21 Å².